The molecule has 0 spiro atoms. The molecule has 0 aliphatic rings. The molecule has 6 nitrogen and oxygen atoms in total. The Morgan fingerprint density at radius 3 is 2.58 bits per heavy atom. The highest BCUT2D eigenvalue weighted by Gasteiger charge is 2.33. The summed E-state index contributed by atoms with van der Waals surface area (Å²) >= 11 is 0.958. The highest BCUT2D eigenvalue weighted by atomic mass is 127. The fourth-order valence-corrected chi connectivity index (χ4v) is 3.41. The van der Waals surface area contributed by atoms with Crippen LogP contribution in [0.25, 0.3) is 0 Å². The largest absolute Gasteiger partial charge is 0.434 e. The molecule has 1 atom stereocenters. The molecule has 26 heavy (non-hydrogen) atoms. The van der Waals surface area contributed by atoms with Gasteiger partial charge in [0.1, 0.15) is 9.84 Å². The summed E-state index contributed by atoms with van der Waals surface area (Å²) in [6.07, 6.45) is -2.51. The van der Waals surface area contributed by atoms with Crippen molar-refractivity contribution in [1.29, 1.82) is 0 Å². The molecule has 0 aliphatic carbocycles. The molecule has 152 valence electrons. The first-order valence-corrected chi connectivity index (χ1v) is 10.7. The van der Waals surface area contributed by atoms with Crippen LogP contribution in [0.2, 0.25) is 0 Å². The van der Waals surface area contributed by atoms with Crippen LogP contribution in [-0.2, 0) is 22.4 Å². The van der Waals surface area contributed by atoms with Crippen LogP contribution in [0.3, 0.4) is 0 Å². The molecular formula is C14H24F3IN4O2S2. The lowest BCUT2D eigenvalue weighted by molar-refractivity contribution is -0.140. The lowest BCUT2D eigenvalue weighted by Crippen LogP contribution is -2.43. The Morgan fingerprint density at radius 1 is 1.42 bits per heavy atom. The minimum Gasteiger partial charge on any atom is -0.357 e. The Labute approximate surface area is 173 Å². The third-order valence-electron chi connectivity index (χ3n) is 3.09. The van der Waals surface area contributed by atoms with Gasteiger partial charge in [-0.2, -0.15) is 13.2 Å². The SMILES string of the molecule is CCNC(=NCCc1nc(C(F)(F)F)cs1)NC(C)CCS(C)(=O)=O.I. The van der Waals surface area contributed by atoms with E-state index in [4.69, 9.17) is 0 Å². The van der Waals surface area contributed by atoms with E-state index in [9.17, 15) is 21.6 Å². The van der Waals surface area contributed by atoms with Crippen molar-refractivity contribution < 1.29 is 21.6 Å². The monoisotopic (exact) mass is 528 g/mol. The first kappa shape index (κ1) is 25.4. The molecule has 0 aromatic carbocycles. The molecule has 0 saturated heterocycles. The number of sulfone groups is 1. The van der Waals surface area contributed by atoms with Crippen molar-refractivity contribution in [1.82, 2.24) is 15.6 Å². The average molecular weight is 528 g/mol. The molecule has 1 aromatic heterocycles. The second-order valence-electron chi connectivity index (χ2n) is 5.60. The highest BCUT2D eigenvalue weighted by molar-refractivity contribution is 14.0. The van der Waals surface area contributed by atoms with Gasteiger partial charge in [-0.25, -0.2) is 13.4 Å². The van der Waals surface area contributed by atoms with Crippen LogP contribution in [-0.4, -0.2) is 50.5 Å². The van der Waals surface area contributed by atoms with Crippen LogP contribution < -0.4 is 10.6 Å². The molecule has 0 saturated carbocycles. The van der Waals surface area contributed by atoms with Crippen LogP contribution in [0.5, 0.6) is 0 Å². The zero-order chi connectivity index (χ0) is 19.1. The molecule has 0 radical (unpaired) electrons. The second-order valence-corrected chi connectivity index (χ2v) is 8.80. The molecule has 1 rings (SSSR count). The Morgan fingerprint density at radius 2 is 2.08 bits per heavy atom. The number of nitrogens with zero attached hydrogens (tertiary/aromatic N) is 2. The Bertz CT molecular complexity index is 678. The van der Waals surface area contributed by atoms with Crippen molar-refractivity contribution in [2.75, 3.05) is 25.1 Å². The van der Waals surface area contributed by atoms with Crippen LogP contribution in [0.1, 0.15) is 31.0 Å². The first-order valence-electron chi connectivity index (χ1n) is 7.75. The van der Waals surface area contributed by atoms with Crippen LogP contribution >= 0.6 is 35.3 Å². The number of aliphatic imine (C=N–C) groups is 1. The molecule has 0 aliphatic heterocycles. The predicted molar refractivity (Wildman–Crippen MR) is 109 cm³/mol. The minimum absolute atomic E-state index is 0. The summed E-state index contributed by atoms with van der Waals surface area (Å²) in [7, 11) is -3.03. The van der Waals surface area contributed by atoms with Gasteiger partial charge >= 0.3 is 6.18 Å². The van der Waals surface area contributed by atoms with E-state index in [1.54, 1.807) is 0 Å². The van der Waals surface area contributed by atoms with E-state index in [1.165, 1.54) is 6.26 Å². The average Bonchev–Trinajstić information content (AvgIpc) is 2.93. The maximum Gasteiger partial charge on any atom is 0.434 e. The Balaban J connectivity index is 0.00000625. The molecule has 1 unspecified atom stereocenters. The van der Waals surface area contributed by atoms with Crippen molar-refractivity contribution in [2.24, 2.45) is 4.99 Å². The number of thiazole rings is 1. The fraction of sp³-hybridized carbons (Fsp3) is 0.714. The Kier molecular flexibility index (Phi) is 11.0. The van der Waals surface area contributed by atoms with Crippen molar-refractivity contribution in [3.63, 3.8) is 0 Å². The van der Waals surface area contributed by atoms with Gasteiger partial charge < -0.3 is 10.6 Å². The normalized spacial score (nSPS) is 13.8. The summed E-state index contributed by atoms with van der Waals surface area (Å²) in [6, 6.07) is -0.107. The van der Waals surface area contributed by atoms with Gasteiger partial charge in [-0.1, -0.05) is 0 Å². The van der Waals surface area contributed by atoms with Crippen LogP contribution in [0, 0.1) is 0 Å². The summed E-state index contributed by atoms with van der Waals surface area (Å²) in [5, 5.41) is 7.47. The van der Waals surface area contributed by atoms with Gasteiger partial charge in [0.2, 0.25) is 0 Å². The number of rotatable bonds is 8. The zero-order valence-electron chi connectivity index (χ0n) is 14.8. The van der Waals surface area contributed by atoms with E-state index in [2.05, 4.69) is 20.6 Å². The second kappa shape index (κ2) is 11.3. The van der Waals surface area contributed by atoms with Gasteiger partial charge in [0, 0.05) is 37.2 Å². The number of nitrogens with one attached hydrogen (secondary N) is 2. The van der Waals surface area contributed by atoms with E-state index in [1.807, 2.05) is 13.8 Å². The lowest BCUT2D eigenvalue weighted by atomic mass is 10.3. The van der Waals surface area contributed by atoms with Gasteiger partial charge in [0.25, 0.3) is 0 Å². The summed E-state index contributed by atoms with van der Waals surface area (Å²) in [6.45, 7) is 4.61. The summed E-state index contributed by atoms with van der Waals surface area (Å²) in [5.74, 6) is 0.566. The number of guanidine groups is 1. The summed E-state index contributed by atoms with van der Waals surface area (Å²) in [5.41, 5.74) is -0.879. The molecular weight excluding hydrogens is 504 g/mol. The molecule has 1 aromatic rings. The third kappa shape index (κ3) is 10.5. The van der Waals surface area contributed by atoms with Crippen molar-refractivity contribution in [3.8, 4) is 0 Å². The van der Waals surface area contributed by atoms with Gasteiger partial charge in [-0.05, 0) is 20.3 Å². The van der Waals surface area contributed by atoms with Crippen molar-refractivity contribution in [3.05, 3.63) is 16.1 Å². The molecule has 12 heteroatoms. The molecule has 1 heterocycles. The maximum atomic E-state index is 12.5. The van der Waals surface area contributed by atoms with Gasteiger partial charge in [0.15, 0.2) is 11.7 Å². The summed E-state index contributed by atoms with van der Waals surface area (Å²) < 4.78 is 59.9. The summed E-state index contributed by atoms with van der Waals surface area (Å²) in [4.78, 5) is 7.85. The number of hydrogen-bond donors (Lipinski definition) is 2. The molecule has 0 amide bonds. The molecule has 0 fully saturated rings. The highest BCUT2D eigenvalue weighted by Crippen LogP contribution is 2.30. The van der Waals surface area contributed by atoms with Crippen molar-refractivity contribution in [2.45, 2.75) is 38.9 Å². The number of halogens is 4. The Hall–Kier alpha value is -0.630. The fourth-order valence-electron chi connectivity index (χ4n) is 1.84. The van der Waals surface area contributed by atoms with Gasteiger partial charge in [-0.3, -0.25) is 4.99 Å². The van der Waals surface area contributed by atoms with E-state index < -0.39 is 21.7 Å². The van der Waals surface area contributed by atoms with E-state index >= 15 is 0 Å². The molecule has 2 N–H and O–H groups in total. The van der Waals surface area contributed by atoms with E-state index in [0.29, 0.717) is 30.4 Å². The van der Waals surface area contributed by atoms with Gasteiger partial charge in [-0.15, -0.1) is 35.3 Å². The zero-order valence-corrected chi connectivity index (χ0v) is 18.7. The predicted octanol–water partition coefficient (Wildman–Crippen LogP) is 2.70. The maximum absolute atomic E-state index is 12.5. The van der Waals surface area contributed by atoms with Gasteiger partial charge in [0.05, 0.1) is 10.8 Å². The van der Waals surface area contributed by atoms with E-state index in [0.717, 1.165) is 16.7 Å². The standard InChI is InChI=1S/C14H23F3N4O2S2.HI/c1-4-18-13(20-10(2)6-8-25(3,22)23)19-7-5-12-21-11(9-24-12)14(15,16)17;/h9-10H,4-8H2,1-3H3,(H2,18,19,20);1H. The quantitative estimate of drug-likeness (QED) is 0.308. The lowest BCUT2D eigenvalue weighted by Gasteiger charge is -2.17. The number of aromatic nitrogens is 1. The topological polar surface area (TPSA) is 83.4 Å². The van der Waals surface area contributed by atoms with E-state index in [-0.39, 0.29) is 42.3 Å². The van der Waals surface area contributed by atoms with Crippen LogP contribution in [0.4, 0.5) is 13.2 Å². The first-order chi connectivity index (χ1) is 11.5. The number of alkyl halides is 3. The van der Waals surface area contributed by atoms with Crippen LogP contribution in [0.15, 0.2) is 10.4 Å². The third-order valence-corrected chi connectivity index (χ3v) is 4.97. The smallest absolute Gasteiger partial charge is 0.357 e. The number of hydrogen-bond acceptors (Lipinski definition) is 5. The molecule has 0 bridgehead atoms. The minimum atomic E-state index is -4.43. The van der Waals surface area contributed by atoms with Crippen molar-refractivity contribution >= 4 is 51.1 Å².